The molecule has 1 heterocycles. The van der Waals surface area contributed by atoms with Crippen LogP contribution in [0.25, 0.3) is 22.2 Å². The fourth-order valence-corrected chi connectivity index (χ4v) is 3.82. The van der Waals surface area contributed by atoms with E-state index in [4.69, 9.17) is 16.3 Å². The smallest absolute Gasteiger partial charge is 0.343 e. The summed E-state index contributed by atoms with van der Waals surface area (Å²) in [5, 5.41) is 0.686. The van der Waals surface area contributed by atoms with Gasteiger partial charge in [0, 0.05) is 18.0 Å². The number of aromatic nitrogens is 1. The molecule has 4 rings (SSSR count). The number of hydrogen-bond donors (Lipinski definition) is 0. The fourth-order valence-electron chi connectivity index (χ4n) is 3.58. The maximum Gasteiger partial charge on any atom is 0.343 e. The lowest BCUT2D eigenvalue weighted by Crippen LogP contribution is -2.16. The molecule has 150 valence electrons. The lowest BCUT2D eigenvalue weighted by Gasteiger charge is -2.09. The summed E-state index contributed by atoms with van der Waals surface area (Å²) in [5.41, 5.74) is 2.54. The third-order valence-electron chi connectivity index (χ3n) is 4.93. The van der Waals surface area contributed by atoms with Crippen molar-refractivity contribution < 1.29 is 18.7 Å². The summed E-state index contributed by atoms with van der Waals surface area (Å²) in [6, 6.07) is 20.9. The number of ether oxygens (including phenoxy) is 1. The minimum atomic E-state index is -0.979. The van der Waals surface area contributed by atoms with Crippen molar-refractivity contribution in [2.24, 2.45) is 7.05 Å². The Morgan fingerprint density at radius 3 is 2.37 bits per heavy atom. The highest BCUT2D eigenvalue weighted by molar-refractivity contribution is 6.33. The first kappa shape index (κ1) is 19.9. The number of rotatable bonds is 5. The summed E-state index contributed by atoms with van der Waals surface area (Å²) in [5.74, 6) is -2.16. The number of halogens is 2. The van der Waals surface area contributed by atoms with E-state index in [0.717, 1.165) is 28.2 Å². The van der Waals surface area contributed by atoms with E-state index >= 15 is 0 Å². The monoisotopic (exact) mass is 421 g/mol. The summed E-state index contributed by atoms with van der Waals surface area (Å²) in [6.45, 7) is -0.530. The first-order chi connectivity index (χ1) is 14.5. The molecule has 0 unspecified atom stereocenters. The summed E-state index contributed by atoms with van der Waals surface area (Å²) in [7, 11) is 1.88. The van der Waals surface area contributed by atoms with Crippen molar-refractivity contribution in [1.82, 2.24) is 4.57 Å². The van der Waals surface area contributed by atoms with Crippen LogP contribution in [0, 0.1) is 5.82 Å². The van der Waals surface area contributed by atoms with Crippen LogP contribution in [0.4, 0.5) is 4.39 Å². The van der Waals surface area contributed by atoms with Crippen LogP contribution in [0.2, 0.25) is 5.02 Å². The number of para-hydroxylation sites is 1. The molecule has 0 N–H and O–H groups in total. The Hall–Kier alpha value is -3.44. The second kappa shape index (κ2) is 8.13. The van der Waals surface area contributed by atoms with Crippen molar-refractivity contribution in [3.05, 3.63) is 94.8 Å². The average molecular weight is 422 g/mol. The maximum absolute atomic E-state index is 14.0. The largest absolute Gasteiger partial charge is 0.454 e. The van der Waals surface area contributed by atoms with Gasteiger partial charge in [-0.3, -0.25) is 4.79 Å². The molecule has 3 aromatic carbocycles. The second-order valence-electron chi connectivity index (χ2n) is 6.76. The van der Waals surface area contributed by atoms with Gasteiger partial charge in [-0.1, -0.05) is 66.2 Å². The van der Waals surface area contributed by atoms with E-state index in [0.29, 0.717) is 5.56 Å². The highest BCUT2D eigenvalue weighted by atomic mass is 35.5. The Morgan fingerprint density at radius 2 is 1.63 bits per heavy atom. The van der Waals surface area contributed by atoms with E-state index in [1.54, 1.807) is 0 Å². The molecule has 0 spiro atoms. The first-order valence-corrected chi connectivity index (χ1v) is 9.64. The summed E-state index contributed by atoms with van der Waals surface area (Å²) >= 11 is 5.91. The van der Waals surface area contributed by atoms with Crippen molar-refractivity contribution in [2.45, 2.75) is 0 Å². The van der Waals surface area contributed by atoms with E-state index in [2.05, 4.69) is 0 Å². The van der Waals surface area contributed by atoms with Crippen LogP contribution >= 0.6 is 11.6 Å². The molecule has 0 saturated heterocycles. The molecular formula is C24H17ClFNO3. The number of benzene rings is 3. The Bertz CT molecular complexity index is 1240. The molecule has 0 aliphatic rings. The maximum atomic E-state index is 14.0. The van der Waals surface area contributed by atoms with Gasteiger partial charge in [0.1, 0.15) is 11.4 Å². The van der Waals surface area contributed by atoms with E-state index in [1.165, 1.54) is 12.1 Å². The Balaban J connectivity index is 1.71. The molecule has 0 aliphatic heterocycles. The third kappa shape index (κ3) is 3.48. The summed E-state index contributed by atoms with van der Waals surface area (Å²) in [4.78, 5) is 25.5. The van der Waals surface area contributed by atoms with Gasteiger partial charge in [-0.05, 0) is 23.8 Å². The fraction of sp³-hybridized carbons (Fsp3) is 0.0833. The van der Waals surface area contributed by atoms with Crippen LogP contribution in [0.1, 0.15) is 20.7 Å². The van der Waals surface area contributed by atoms with Crippen molar-refractivity contribution in [3.63, 3.8) is 0 Å². The number of Topliss-reactive ketones (excluding diaryl/α,β-unsaturated/α-hetero) is 1. The molecule has 4 aromatic rings. The summed E-state index contributed by atoms with van der Waals surface area (Å²) in [6.07, 6.45) is 0. The molecular weight excluding hydrogens is 405 g/mol. The van der Waals surface area contributed by atoms with Crippen molar-refractivity contribution in [3.8, 4) is 11.3 Å². The van der Waals surface area contributed by atoms with E-state index < -0.39 is 18.4 Å². The number of aryl methyl sites for hydroxylation is 1. The van der Waals surface area contributed by atoms with Crippen LogP contribution in [0.15, 0.2) is 72.8 Å². The number of hydrogen-bond acceptors (Lipinski definition) is 3. The van der Waals surface area contributed by atoms with Gasteiger partial charge in [0.2, 0.25) is 5.78 Å². The summed E-state index contributed by atoms with van der Waals surface area (Å²) < 4.78 is 21.0. The lowest BCUT2D eigenvalue weighted by molar-refractivity contribution is 0.0471. The standard InChI is InChI=1S/C24H17ClFNO3/c1-27-19-13-6-5-10-16(19)21(23(27)15-8-3-2-4-9-15)20(28)14-30-24(29)22-17(25)11-7-12-18(22)26/h2-13H,14H2,1H3. The van der Waals surface area contributed by atoms with Crippen LogP contribution in [0.3, 0.4) is 0 Å². The molecule has 0 amide bonds. The topological polar surface area (TPSA) is 48.3 Å². The number of carbonyl (C=O) groups excluding carboxylic acids is 2. The van der Waals surface area contributed by atoms with Gasteiger partial charge in [-0.2, -0.15) is 0 Å². The quantitative estimate of drug-likeness (QED) is 0.308. The first-order valence-electron chi connectivity index (χ1n) is 9.26. The van der Waals surface area contributed by atoms with Crippen LogP contribution in [-0.4, -0.2) is 22.9 Å². The SMILES string of the molecule is Cn1c(-c2ccccc2)c(C(=O)COC(=O)c2c(F)cccc2Cl)c2ccccc21. The zero-order chi connectivity index (χ0) is 21.3. The number of ketones is 1. The molecule has 1 aromatic heterocycles. The van der Waals surface area contributed by atoms with E-state index in [-0.39, 0.29) is 16.4 Å². The van der Waals surface area contributed by atoms with Gasteiger partial charge in [0.25, 0.3) is 0 Å². The zero-order valence-corrected chi connectivity index (χ0v) is 16.8. The normalized spacial score (nSPS) is 10.9. The van der Waals surface area contributed by atoms with Crippen molar-refractivity contribution in [2.75, 3.05) is 6.61 Å². The average Bonchev–Trinajstić information content (AvgIpc) is 3.05. The van der Waals surface area contributed by atoms with Crippen LogP contribution in [-0.2, 0) is 11.8 Å². The van der Waals surface area contributed by atoms with Gasteiger partial charge in [0.05, 0.1) is 16.3 Å². The Morgan fingerprint density at radius 1 is 0.933 bits per heavy atom. The Labute approximate surface area is 177 Å². The second-order valence-corrected chi connectivity index (χ2v) is 7.17. The Kier molecular flexibility index (Phi) is 5.38. The van der Waals surface area contributed by atoms with Gasteiger partial charge in [-0.15, -0.1) is 0 Å². The van der Waals surface area contributed by atoms with Gasteiger partial charge in [0.15, 0.2) is 6.61 Å². The van der Waals surface area contributed by atoms with Crippen molar-refractivity contribution in [1.29, 1.82) is 0 Å². The molecule has 0 fully saturated rings. The molecule has 0 radical (unpaired) electrons. The number of esters is 1. The molecule has 0 bridgehead atoms. The van der Waals surface area contributed by atoms with Crippen LogP contribution in [0.5, 0.6) is 0 Å². The number of fused-ring (bicyclic) bond motifs is 1. The molecule has 0 aliphatic carbocycles. The molecule has 6 heteroatoms. The number of carbonyl (C=O) groups is 2. The van der Waals surface area contributed by atoms with Gasteiger partial charge < -0.3 is 9.30 Å². The highest BCUT2D eigenvalue weighted by Gasteiger charge is 2.24. The predicted octanol–water partition coefficient (Wildman–Crippen LogP) is 5.68. The minimum Gasteiger partial charge on any atom is -0.454 e. The minimum absolute atomic E-state index is 0.0671. The van der Waals surface area contributed by atoms with Crippen LogP contribution < -0.4 is 0 Å². The molecule has 30 heavy (non-hydrogen) atoms. The highest BCUT2D eigenvalue weighted by Crippen LogP contribution is 2.33. The predicted molar refractivity (Wildman–Crippen MR) is 114 cm³/mol. The molecule has 4 nitrogen and oxygen atoms in total. The lowest BCUT2D eigenvalue weighted by atomic mass is 10.0. The molecule has 0 atom stereocenters. The van der Waals surface area contributed by atoms with Crippen molar-refractivity contribution >= 4 is 34.3 Å². The van der Waals surface area contributed by atoms with E-state index in [9.17, 15) is 14.0 Å². The van der Waals surface area contributed by atoms with Gasteiger partial charge >= 0.3 is 5.97 Å². The van der Waals surface area contributed by atoms with Gasteiger partial charge in [-0.25, -0.2) is 9.18 Å². The third-order valence-corrected chi connectivity index (χ3v) is 5.25. The molecule has 0 saturated carbocycles. The van der Waals surface area contributed by atoms with E-state index in [1.807, 2.05) is 66.2 Å². The zero-order valence-electron chi connectivity index (χ0n) is 16.1. The number of nitrogens with zero attached hydrogens (tertiary/aromatic N) is 1.